The van der Waals surface area contributed by atoms with Crippen molar-refractivity contribution in [2.24, 2.45) is 7.05 Å². The van der Waals surface area contributed by atoms with Crippen molar-refractivity contribution in [2.75, 3.05) is 6.61 Å². The normalized spacial score (nSPS) is 12.4. The highest BCUT2D eigenvalue weighted by molar-refractivity contribution is 9.10. The Morgan fingerprint density at radius 2 is 2.00 bits per heavy atom. The largest absolute Gasteiger partial charge is 0.494 e. The fourth-order valence-electron chi connectivity index (χ4n) is 2.21. The summed E-state index contributed by atoms with van der Waals surface area (Å²) in [4.78, 5) is 0. The van der Waals surface area contributed by atoms with E-state index in [0.717, 1.165) is 33.6 Å². The van der Waals surface area contributed by atoms with Gasteiger partial charge in [-0.2, -0.15) is 5.10 Å². The van der Waals surface area contributed by atoms with Gasteiger partial charge < -0.3 is 9.84 Å². The number of rotatable bonds is 6. The van der Waals surface area contributed by atoms with Crippen molar-refractivity contribution in [3.8, 4) is 5.75 Å². The number of aliphatic hydroxyl groups is 1. The fourth-order valence-corrected chi connectivity index (χ4v) is 2.71. The van der Waals surface area contributed by atoms with Gasteiger partial charge in [0.05, 0.1) is 28.6 Å². The lowest BCUT2D eigenvalue weighted by molar-refractivity contribution is 0.175. The van der Waals surface area contributed by atoms with Crippen LogP contribution in [0.2, 0.25) is 0 Å². The number of halogens is 1. The number of hydrogen-bond donors (Lipinski definition) is 1. The van der Waals surface area contributed by atoms with Crippen LogP contribution in [-0.4, -0.2) is 21.5 Å². The van der Waals surface area contributed by atoms with Gasteiger partial charge in [-0.15, -0.1) is 0 Å². The molecule has 0 radical (unpaired) electrons. The Labute approximate surface area is 133 Å². The van der Waals surface area contributed by atoms with Gasteiger partial charge in [0, 0.05) is 13.5 Å². The van der Waals surface area contributed by atoms with Gasteiger partial charge in [-0.25, -0.2) is 0 Å². The summed E-state index contributed by atoms with van der Waals surface area (Å²) in [6.45, 7) is 4.73. The Bertz CT molecular complexity index is 593. The molecule has 114 valence electrons. The monoisotopic (exact) mass is 352 g/mol. The highest BCUT2D eigenvalue weighted by Crippen LogP contribution is 2.26. The molecule has 0 fully saturated rings. The average molecular weight is 353 g/mol. The standard InChI is InChI=1S/C16H21BrN2O2/c1-4-9-21-13-7-5-12(6-8-13)15(20)10-14-16(17)11(2)18-19(14)3/h5-8,15,20H,4,9-10H2,1-3H3. The first-order valence-electron chi connectivity index (χ1n) is 7.11. The topological polar surface area (TPSA) is 47.3 Å². The Kier molecular flexibility index (Phi) is 5.42. The lowest BCUT2D eigenvalue weighted by Crippen LogP contribution is -2.07. The Balaban J connectivity index is 2.07. The molecule has 0 saturated carbocycles. The Morgan fingerprint density at radius 3 is 2.52 bits per heavy atom. The van der Waals surface area contributed by atoms with Crippen molar-refractivity contribution in [3.05, 3.63) is 45.7 Å². The fraction of sp³-hybridized carbons (Fsp3) is 0.438. The van der Waals surface area contributed by atoms with E-state index in [2.05, 4.69) is 28.0 Å². The summed E-state index contributed by atoms with van der Waals surface area (Å²) in [5.41, 5.74) is 2.80. The molecule has 1 unspecified atom stereocenters. The minimum atomic E-state index is -0.559. The van der Waals surface area contributed by atoms with Crippen LogP contribution in [0.3, 0.4) is 0 Å². The Hall–Kier alpha value is -1.33. The van der Waals surface area contributed by atoms with Gasteiger partial charge >= 0.3 is 0 Å². The maximum atomic E-state index is 10.4. The van der Waals surface area contributed by atoms with Crippen molar-refractivity contribution in [2.45, 2.75) is 32.8 Å². The van der Waals surface area contributed by atoms with E-state index in [4.69, 9.17) is 4.74 Å². The predicted octanol–water partition coefficient (Wildman–Crippen LogP) is 3.56. The van der Waals surface area contributed by atoms with Crippen LogP contribution in [0.1, 0.15) is 36.4 Å². The zero-order valence-electron chi connectivity index (χ0n) is 12.6. The number of ether oxygens (including phenoxy) is 1. The van der Waals surface area contributed by atoms with Gasteiger partial charge in [0.2, 0.25) is 0 Å². The molecule has 0 aliphatic carbocycles. The number of benzene rings is 1. The third-order valence-corrected chi connectivity index (χ3v) is 4.42. The zero-order chi connectivity index (χ0) is 15.4. The number of aryl methyl sites for hydroxylation is 2. The van der Waals surface area contributed by atoms with Gasteiger partial charge in [0.15, 0.2) is 0 Å². The minimum Gasteiger partial charge on any atom is -0.494 e. The molecule has 0 aliphatic heterocycles. The first-order chi connectivity index (χ1) is 10.0. The first-order valence-corrected chi connectivity index (χ1v) is 7.91. The molecule has 21 heavy (non-hydrogen) atoms. The molecule has 1 atom stereocenters. The molecule has 2 aromatic rings. The molecular weight excluding hydrogens is 332 g/mol. The van der Waals surface area contributed by atoms with Crippen LogP contribution >= 0.6 is 15.9 Å². The SMILES string of the molecule is CCCOc1ccc(C(O)Cc2c(Br)c(C)nn2C)cc1. The van der Waals surface area contributed by atoms with Crippen molar-refractivity contribution < 1.29 is 9.84 Å². The lowest BCUT2D eigenvalue weighted by atomic mass is 10.0. The number of nitrogens with zero attached hydrogens (tertiary/aromatic N) is 2. The van der Waals surface area contributed by atoms with Crippen molar-refractivity contribution in [1.82, 2.24) is 9.78 Å². The van der Waals surface area contributed by atoms with Gasteiger partial charge in [-0.1, -0.05) is 19.1 Å². The molecule has 0 saturated heterocycles. The summed E-state index contributed by atoms with van der Waals surface area (Å²) >= 11 is 3.53. The van der Waals surface area contributed by atoms with Gasteiger partial charge in [-0.3, -0.25) is 4.68 Å². The first kappa shape index (κ1) is 16.0. The van der Waals surface area contributed by atoms with E-state index in [-0.39, 0.29) is 0 Å². The quantitative estimate of drug-likeness (QED) is 0.864. The summed E-state index contributed by atoms with van der Waals surface area (Å²) in [5.74, 6) is 0.838. The second-order valence-electron chi connectivity index (χ2n) is 5.11. The van der Waals surface area contributed by atoms with E-state index < -0.39 is 6.10 Å². The summed E-state index contributed by atoms with van der Waals surface area (Å²) in [5, 5.41) is 14.7. The predicted molar refractivity (Wildman–Crippen MR) is 86.5 cm³/mol. The number of hydrogen-bond acceptors (Lipinski definition) is 3. The highest BCUT2D eigenvalue weighted by Gasteiger charge is 2.16. The van der Waals surface area contributed by atoms with Crippen LogP contribution in [0.15, 0.2) is 28.7 Å². The Morgan fingerprint density at radius 1 is 1.33 bits per heavy atom. The summed E-state index contributed by atoms with van der Waals surface area (Å²) < 4.78 is 8.32. The molecular formula is C16H21BrN2O2. The van der Waals surface area contributed by atoms with E-state index in [0.29, 0.717) is 13.0 Å². The molecule has 0 bridgehead atoms. The third kappa shape index (κ3) is 3.86. The van der Waals surface area contributed by atoms with E-state index in [1.165, 1.54) is 0 Å². The van der Waals surface area contributed by atoms with Crippen LogP contribution < -0.4 is 4.74 Å². The summed E-state index contributed by atoms with van der Waals surface area (Å²) in [6.07, 6.45) is 0.946. The van der Waals surface area contributed by atoms with Crippen molar-refractivity contribution in [1.29, 1.82) is 0 Å². The van der Waals surface area contributed by atoms with E-state index in [9.17, 15) is 5.11 Å². The number of aromatic nitrogens is 2. The van der Waals surface area contributed by atoms with Crippen LogP contribution in [-0.2, 0) is 13.5 Å². The molecule has 0 amide bonds. The smallest absolute Gasteiger partial charge is 0.119 e. The maximum absolute atomic E-state index is 10.4. The minimum absolute atomic E-state index is 0.521. The van der Waals surface area contributed by atoms with Gasteiger partial charge in [-0.05, 0) is 47.0 Å². The zero-order valence-corrected chi connectivity index (χ0v) is 14.2. The van der Waals surface area contributed by atoms with Gasteiger partial charge in [0.25, 0.3) is 0 Å². The lowest BCUT2D eigenvalue weighted by Gasteiger charge is -2.13. The van der Waals surface area contributed by atoms with Crippen LogP contribution in [0.4, 0.5) is 0 Å². The van der Waals surface area contributed by atoms with Crippen molar-refractivity contribution in [3.63, 3.8) is 0 Å². The van der Waals surface area contributed by atoms with E-state index >= 15 is 0 Å². The highest BCUT2D eigenvalue weighted by atomic mass is 79.9. The summed E-state index contributed by atoms with van der Waals surface area (Å²) in [7, 11) is 1.89. The average Bonchev–Trinajstić information content (AvgIpc) is 2.72. The van der Waals surface area contributed by atoms with E-state index in [1.54, 1.807) is 4.68 Å². The van der Waals surface area contributed by atoms with Crippen LogP contribution in [0.25, 0.3) is 0 Å². The molecule has 0 spiro atoms. The molecule has 2 rings (SSSR count). The molecule has 1 heterocycles. The molecule has 5 heteroatoms. The number of aliphatic hydroxyl groups excluding tert-OH is 1. The molecule has 4 nitrogen and oxygen atoms in total. The van der Waals surface area contributed by atoms with E-state index in [1.807, 2.05) is 38.2 Å². The molecule has 1 aromatic heterocycles. The third-order valence-electron chi connectivity index (χ3n) is 3.39. The second kappa shape index (κ2) is 7.09. The summed E-state index contributed by atoms with van der Waals surface area (Å²) in [6, 6.07) is 7.62. The second-order valence-corrected chi connectivity index (χ2v) is 5.90. The molecule has 1 N–H and O–H groups in total. The molecule has 0 aliphatic rings. The maximum Gasteiger partial charge on any atom is 0.119 e. The molecule has 1 aromatic carbocycles. The van der Waals surface area contributed by atoms with Gasteiger partial charge in [0.1, 0.15) is 5.75 Å². The van der Waals surface area contributed by atoms with Crippen LogP contribution in [0.5, 0.6) is 5.75 Å². The van der Waals surface area contributed by atoms with Crippen molar-refractivity contribution >= 4 is 15.9 Å². The van der Waals surface area contributed by atoms with Crippen LogP contribution in [0, 0.1) is 6.92 Å².